The maximum Gasteiger partial charge on any atom is 0.243 e. The topological polar surface area (TPSA) is 78.5 Å². The van der Waals surface area contributed by atoms with Crippen LogP contribution in [0.1, 0.15) is 39.2 Å². The Balaban J connectivity index is 0.00000364. The smallest absolute Gasteiger partial charge is 0.243 e. The van der Waals surface area contributed by atoms with E-state index in [0.29, 0.717) is 37.4 Å². The molecule has 1 aliphatic heterocycles. The molecule has 0 saturated carbocycles. The van der Waals surface area contributed by atoms with Gasteiger partial charge in [0.25, 0.3) is 0 Å². The minimum Gasteiger partial charge on any atom is -0.355 e. The Morgan fingerprint density at radius 1 is 1.11 bits per heavy atom. The van der Waals surface area contributed by atoms with Crippen LogP contribution in [-0.4, -0.2) is 51.9 Å². The van der Waals surface area contributed by atoms with Crippen molar-refractivity contribution in [3.05, 3.63) is 29.8 Å². The van der Waals surface area contributed by atoms with Gasteiger partial charge in [0.05, 0.1) is 4.90 Å². The number of benzene rings is 1. The first-order valence-corrected chi connectivity index (χ1v) is 10.6. The van der Waals surface area contributed by atoms with E-state index in [2.05, 4.69) is 31.4 Å². The molecule has 2 N–H and O–H groups in total. The van der Waals surface area contributed by atoms with Crippen LogP contribution < -0.4 is 10.6 Å². The highest BCUT2D eigenvalue weighted by Crippen LogP contribution is 2.27. The lowest BCUT2D eigenvalue weighted by molar-refractivity contribution is -0.126. The van der Waals surface area contributed by atoms with Crippen LogP contribution in [0, 0.1) is 5.92 Å². The van der Waals surface area contributed by atoms with Crippen molar-refractivity contribution in [3.63, 3.8) is 0 Å². The largest absolute Gasteiger partial charge is 0.355 e. The Hall–Kier alpha value is -1.15. The summed E-state index contributed by atoms with van der Waals surface area (Å²) < 4.78 is 27.2. The first-order chi connectivity index (χ1) is 12.2. The van der Waals surface area contributed by atoms with E-state index in [9.17, 15) is 13.2 Å². The molecule has 0 aliphatic carbocycles. The fourth-order valence-electron chi connectivity index (χ4n) is 3.09. The van der Waals surface area contributed by atoms with Gasteiger partial charge in [-0.15, -0.1) is 12.4 Å². The minimum absolute atomic E-state index is 0. The van der Waals surface area contributed by atoms with Crippen LogP contribution in [0.3, 0.4) is 0 Å². The predicted octanol–water partition coefficient (Wildman–Crippen LogP) is 2.14. The third-order valence-corrected chi connectivity index (χ3v) is 6.77. The van der Waals surface area contributed by atoms with Gasteiger partial charge < -0.3 is 10.6 Å². The molecule has 1 fully saturated rings. The maximum absolute atomic E-state index is 12.9. The zero-order valence-corrected chi connectivity index (χ0v) is 18.3. The van der Waals surface area contributed by atoms with E-state index in [4.69, 9.17) is 0 Å². The summed E-state index contributed by atoms with van der Waals surface area (Å²) in [4.78, 5) is 12.4. The maximum atomic E-state index is 12.9. The number of nitrogens with one attached hydrogen (secondary N) is 2. The van der Waals surface area contributed by atoms with E-state index in [1.807, 2.05) is 19.2 Å². The SMILES string of the molecule is CNCCNC(=O)C1CCN(S(=O)(=O)c2ccc(C(C)(C)C)cc2)CC1.Cl. The van der Waals surface area contributed by atoms with Gasteiger partial charge in [-0.05, 0) is 43.0 Å². The number of amides is 1. The predicted molar refractivity (Wildman–Crippen MR) is 111 cm³/mol. The lowest BCUT2D eigenvalue weighted by atomic mass is 9.87. The molecule has 1 aromatic rings. The molecule has 1 aliphatic rings. The molecule has 154 valence electrons. The number of halogens is 1. The molecule has 0 aromatic heterocycles. The van der Waals surface area contributed by atoms with Crippen molar-refractivity contribution in [2.75, 3.05) is 33.2 Å². The lowest BCUT2D eigenvalue weighted by Crippen LogP contribution is -2.43. The molecule has 1 saturated heterocycles. The number of hydrogen-bond donors (Lipinski definition) is 2. The second kappa shape index (κ2) is 9.87. The molecule has 0 atom stereocenters. The summed E-state index contributed by atoms with van der Waals surface area (Å²) in [6.45, 7) is 8.38. The summed E-state index contributed by atoms with van der Waals surface area (Å²) in [6, 6.07) is 7.14. The number of hydrogen-bond acceptors (Lipinski definition) is 4. The van der Waals surface area contributed by atoms with Crippen LogP contribution >= 0.6 is 12.4 Å². The van der Waals surface area contributed by atoms with E-state index >= 15 is 0 Å². The van der Waals surface area contributed by atoms with E-state index in [-0.39, 0.29) is 29.6 Å². The summed E-state index contributed by atoms with van der Waals surface area (Å²) in [5.41, 5.74) is 1.09. The second-order valence-electron chi connectivity index (χ2n) is 7.85. The molecular formula is C19H32ClN3O3S. The fourth-order valence-corrected chi connectivity index (χ4v) is 4.56. The third-order valence-electron chi connectivity index (χ3n) is 4.86. The molecule has 1 amide bonds. The molecule has 0 spiro atoms. The monoisotopic (exact) mass is 417 g/mol. The van der Waals surface area contributed by atoms with Gasteiger partial charge in [-0.2, -0.15) is 4.31 Å². The molecule has 1 aromatic carbocycles. The Kier molecular flexibility index (Phi) is 8.73. The number of likely N-dealkylation sites (N-methyl/N-ethyl adjacent to an activating group) is 1. The van der Waals surface area contributed by atoms with Gasteiger partial charge in [0.15, 0.2) is 0 Å². The van der Waals surface area contributed by atoms with Gasteiger partial charge in [-0.3, -0.25) is 4.79 Å². The number of piperidine rings is 1. The van der Waals surface area contributed by atoms with Crippen LogP contribution in [0.5, 0.6) is 0 Å². The molecule has 1 heterocycles. The zero-order valence-electron chi connectivity index (χ0n) is 16.6. The average Bonchev–Trinajstić information content (AvgIpc) is 2.61. The van der Waals surface area contributed by atoms with Gasteiger partial charge in [0.2, 0.25) is 15.9 Å². The van der Waals surface area contributed by atoms with Crippen molar-refractivity contribution in [2.24, 2.45) is 5.92 Å². The Morgan fingerprint density at radius 2 is 1.67 bits per heavy atom. The Bertz CT molecular complexity index is 707. The summed E-state index contributed by atoms with van der Waals surface area (Å²) in [5.74, 6) is -0.0894. The van der Waals surface area contributed by atoms with Crippen molar-refractivity contribution >= 4 is 28.3 Å². The minimum atomic E-state index is -3.50. The molecule has 0 radical (unpaired) electrons. The number of rotatable bonds is 6. The summed E-state index contributed by atoms with van der Waals surface area (Å²) in [6.07, 6.45) is 1.12. The standard InChI is InChI=1S/C19H31N3O3S.ClH/c1-19(2,3)16-5-7-17(8-6-16)26(24,25)22-13-9-15(10-14-22)18(23)21-12-11-20-4;/h5-8,15,20H,9-14H2,1-4H3,(H,21,23);1H. The quantitative estimate of drug-likeness (QED) is 0.695. The van der Waals surface area contributed by atoms with E-state index < -0.39 is 10.0 Å². The molecule has 0 unspecified atom stereocenters. The van der Waals surface area contributed by atoms with E-state index in [1.165, 1.54) is 4.31 Å². The van der Waals surface area contributed by atoms with Crippen molar-refractivity contribution in [2.45, 2.75) is 43.9 Å². The van der Waals surface area contributed by atoms with Crippen LogP contribution in [0.15, 0.2) is 29.2 Å². The van der Waals surface area contributed by atoms with Gasteiger partial charge in [-0.1, -0.05) is 32.9 Å². The second-order valence-corrected chi connectivity index (χ2v) is 9.79. The molecular weight excluding hydrogens is 386 g/mol. The Morgan fingerprint density at radius 3 is 2.15 bits per heavy atom. The molecule has 6 nitrogen and oxygen atoms in total. The van der Waals surface area contributed by atoms with E-state index in [0.717, 1.165) is 12.1 Å². The number of carbonyl (C=O) groups excluding carboxylic acids is 1. The van der Waals surface area contributed by atoms with E-state index in [1.54, 1.807) is 12.1 Å². The van der Waals surface area contributed by atoms with Crippen LogP contribution in [0.2, 0.25) is 0 Å². The normalized spacial score (nSPS) is 16.6. The van der Waals surface area contributed by atoms with Gasteiger partial charge in [-0.25, -0.2) is 8.42 Å². The number of carbonyl (C=O) groups is 1. The molecule has 8 heteroatoms. The number of sulfonamides is 1. The van der Waals surface area contributed by atoms with Crippen molar-refractivity contribution in [1.82, 2.24) is 14.9 Å². The highest BCUT2D eigenvalue weighted by atomic mass is 35.5. The third kappa shape index (κ3) is 6.17. The summed E-state index contributed by atoms with van der Waals surface area (Å²) in [7, 11) is -1.67. The number of nitrogens with zero attached hydrogens (tertiary/aromatic N) is 1. The lowest BCUT2D eigenvalue weighted by Gasteiger charge is -2.30. The highest BCUT2D eigenvalue weighted by Gasteiger charge is 2.32. The molecule has 2 rings (SSSR count). The van der Waals surface area contributed by atoms with Crippen LogP contribution in [-0.2, 0) is 20.2 Å². The van der Waals surface area contributed by atoms with Crippen LogP contribution in [0.25, 0.3) is 0 Å². The van der Waals surface area contributed by atoms with Gasteiger partial charge in [0, 0.05) is 32.1 Å². The first kappa shape index (κ1) is 23.9. The first-order valence-electron chi connectivity index (χ1n) is 9.19. The van der Waals surface area contributed by atoms with Crippen molar-refractivity contribution in [1.29, 1.82) is 0 Å². The van der Waals surface area contributed by atoms with Crippen molar-refractivity contribution in [3.8, 4) is 0 Å². The fraction of sp³-hybridized carbons (Fsp3) is 0.632. The van der Waals surface area contributed by atoms with Crippen LogP contribution in [0.4, 0.5) is 0 Å². The summed E-state index contributed by atoms with van der Waals surface area (Å²) >= 11 is 0. The van der Waals surface area contributed by atoms with Gasteiger partial charge in [0.1, 0.15) is 0 Å². The average molecular weight is 418 g/mol. The zero-order chi connectivity index (χ0) is 19.4. The highest BCUT2D eigenvalue weighted by molar-refractivity contribution is 7.89. The van der Waals surface area contributed by atoms with Crippen molar-refractivity contribution < 1.29 is 13.2 Å². The molecule has 0 bridgehead atoms. The van der Waals surface area contributed by atoms with Gasteiger partial charge >= 0.3 is 0 Å². The Labute approximate surface area is 169 Å². The summed E-state index contributed by atoms with van der Waals surface area (Å²) in [5, 5.41) is 5.87. The molecule has 27 heavy (non-hydrogen) atoms.